The van der Waals surface area contributed by atoms with Gasteiger partial charge >= 0.3 is 0 Å². The van der Waals surface area contributed by atoms with E-state index in [4.69, 9.17) is 9.47 Å². The van der Waals surface area contributed by atoms with E-state index < -0.39 is 0 Å². The molecular formula is C29H29N3O5. The Balaban J connectivity index is 1.39. The Bertz CT molecular complexity index is 1330. The molecule has 0 radical (unpaired) electrons. The first-order valence-electron chi connectivity index (χ1n) is 11.9. The maximum absolute atomic E-state index is 13.1. The van der Waals surface area contributed by atoms with Crippen LogP contribution < -0.4 is 25.0 Å². The number of benzene rings is 3. The molecule has 0 atom stereocenters. The molecule has 3 amide bonds. The number of carbonyl (C=O) groups is 3. The first-order valence-corrected chi connectivity index (χ1v) is 11.9. The fourth-order valence-electron chi connectivity index (χ4n) is 3.79. The number of hydrogen-bond acceptors (Lipinski definition) is 5. The van der Waals surface area contributed by atoms with Crippen molar-refractivity contribution < 1.29 is 23.9 Å². The third kappa shape index (κ3) is 6.35. The van der Waals surface area contributed by atoms with Gasteiger partial charge in [0.2, 0.25) is 11.8 Å². The van der Waals surface area contributed by atoms with Crippen molar-refractivity contribution in [1.82, 2.24) is 0 Å². The monoisotopic (exact) mass is 499 g/mol. The van der Waals surface area contributed by atoms with Gasteiger partial charge in [0, 0.05) is 17.3 Å². The molecule has 3 aromatic carbocycles. The Morgan fingerprint density at radius 1 is 1.05 bits per heavy atom. The van der Waals surface area contributed by atoms with Crippen LogP contribution in [-0.4, -0.2) is 38.0 Å². The highest BCUT2D eigenvalue weighted by atomic mass is 16.5. The largest absolute Gasteiger partial charge is 0.493 e. The molecule has 0 saturated heterocycles. The van der Waals surface area contributed by atoms with E-state index in [2.05, 4.69) is 24.5 Å². The van der Waals surface area contributed by atoms with E-state index in [0.717, 1.165) is 5.56 Å². The third-order valence-corrected chi connectivity index (χ3v) is 5.60. The third-order valence-electron chi connectivity index (χ3n) is 5.60. The van der Waals surface area contributed by atoms with Gasteiger partial charge in [-0.3, -0.25) is 19.3 Å². The summed E-state index contributed by atoms with van der Waals surface area (Å²) in [5.41, 5.74) is 2.97. The normalized spacial score (nSPS) is 12.8. The average molecular weight is 500 g/mol. The van der Waals surface area contributed by atoms with Crippen LogP contribution in [0.15, 0.2) is 72.8 Å². The molecule has 2 N–H and O–H groups in total. The zero-order chi connectivity index (χ0) is 26.4. The molecule has 1 aliphatic heterocycles. The number of methoxy groups -OCH3 is 1. The molecule has 0 spiro atoms. The molecule has 0 bridgehead atoms. The fraction of sp³-hybridized carbons (Fsp3) is 0.207. The molecule has 190 valence electrons. The van der Waals surface area contributed by atoms with Gasteiger partial charge in [0.25, 0.3) is 5.91 Å². The first-order chi connectivity index (χ1) is 17.8. The molecule has 4 rings (SSSR count). The summed E-state index contributed by atoms with van der Waals surface area (Å²) in [7, 11) is 1.57. The van der Waals surface area contributed by atoms with Gasteiger partial charge < -0.3 is 20.1 Å². The number of ether oxygens (including phenoxy) is 2. The summed E-state index contributed by atoms with van der Waals surface area (Å²) < 4.78 is 11.2. The SMILES string of the molecule is COc1cc(/C=C/C(=O)Nc2ccc(C(=O)N3CC(=O)Nc4ccccc43)cc2)ccc1OCC(C)C. The Hall–Kier alpha value is -4.59. The first kappa shape index (κ1) is 25.5. The molecule has 1 aliphatic rings. The second kappa shape index (κ2) is 11.4. The van der Waals surface area contributed by atoms with Crippen molar-refractivity contribution in [2.75, 3.05) is 35.8 Å². The Morgan fingerprint density at radius 2 is 1.81 bits per heavy atom. The molecule has 3 aromatic rings. The van der Waals surface area contributed by atoms with Crippen molar-refractivity contribution in [3.8, 4) is 11.5 Å². The van der Waals surface area contributed by atoms with E-state index in [1.807, 2.05) is 18.2 Å². The fourth-order valence-corrected chi connectivity index (χ4v) is 3.79. The van der Waals surface area contributed by atoms with Gasteiger partial charge in [-0.05, 0) is 66.1 Å². The van der Waals surface area contributed by atoms with Crippen molar-refractivity contribution in [2.24, 2.45) is 5.92 Å². The lowest BCUT2D eigenvalue weighted by atomic mass is 10.1. The topological polar surface area (TPSA) is 97.0 Å². The second-order valence-corrected chi connectivity index (χ2v) is 8.97. The number of nitrogens with one attached hydrogen (secondary N) is 2. The highest BCUT2D eigenvalue weighted by Gasteiger charge is 2.27. The zero-order valence-corrected chi connectivity index (χ0v) is 21.0. The van der Waals surface area contributed by atoms with E-state index in [1.54, 1.807) is 61.7 Å². The molecule has 8 heteroatoms. The van der Waals surface area contributed by atoms with E-state index in [9.17, 15) is 14.4 Å². The Labute approximate surface area is 215 Å². The average Bonchev–Trinajstić information content (AvgIpc) is 2.90. The predicted octanol–water partition coefficient (Wildman–Crippen LogP) is 4.98. The lowest BCUT2D eigenvalue weighted by Gasteiger charge is -2.29. The number of hydrogen-bond donors (Lipinski definition) is 2. The smallest absolute Gasteiger partial charge is 0.258 e. The Morgan fingerprint density at radius 3 is 2.54 bits per heavy atom. The van der Waals surface area contributed by atoms with Crippen LogP contribution >= 0.6 is 0 Å². The summed E-state index contributed by atoms with van der Waals surface area (Å²) in [6.07, 6.45) is 3.10. The number of nitrogens with zero attached hydrogens (tertiary/aromatic N) is 1. The number of fused-ring (bicyclic) bond motifs is 1. The second-order valence-electron chi connectivity index (χ2n) is 8.97. The summed E-state index contributed by atoms with van der Waals surface area (Å²) in [6.45, 7) is 4.66. The summed E-state index contributed by atoms with van der Waals surface area (Å²) in [5.74, 6) is 0.772. The van der Waals surface area contributed by atoms with Gasteiger partial charge in [0.15, 0.2) is 11.5 Å². The zero-order valence-electron chi connectivity index (χ0n) is 21.0. The minimum absolute atomic E-state index is 0.0608. The van der Waals surface area contributed by atoms with E-state index in [-0.39, 0.29) is 24.3 Å². The molecule has 1 heterocycles. The van der Waals surface area contributed by atoms with Crippen LogP contribution in [0.4, 0.5) is 17.1 Å². The van der Waals surface area contributed by atoms with E-state index in [1.165, 1.54) is 11.0 Å². The van der Waals surface area contributed by atoms with Gasteiger partial charge in [-0.15, -0.1) is 0 Å². The number of carbonyl (C=O) groups excluding carboxylic acids is 3. The van der Waals surface area contributed by atoms with Crippen LogP contribution in [0.1, 0.15) is 29.8 Å². The van der Waals surface area contributed by atoms with Crippen LogP contribution in [0, 0.1) is 5.92 Å². The van der Waals surface area contributed by atoms with Crippen LogP contribution in [0.2, 0.25) is 0 Å². The number of para-hydroxylation sites is 2. The number of amides is 3. The lowest BCUT2D eigenvalue weighted by Crippen LogP contribution is -2.42. The highest BCUT2D eigenvalue weighted by Crippen LogP contribution is 2.31. The highest BCUT2D eigenvalue weighted by molar-refractivity contribution is 6.15. The van der Waals surface area contributed by atoms with E-state index in [0.29, 0.717) is 46.6 Å². The van der Waals surface area contributed by atoms with Crippen molar-refractivity contribution >= 4 is 40.9 Å². The number of anilines is 3. The van der Waals surface area contributed by atoms with Gasteiger partial charge in [-0.2, -0.15) is 0 Å². The molecule has 37 heavy (non-hydrogen) atoms. The molecule has 0 aliphatic carbocycles. The van der Waals surface area contributed by atoms with Gasteiger partial charge in [0.05, 0.1) is 25.1 Å². The van der Waals surface area contributed by atoms with Crippen molar-refractivity contribution in [3.05, 3.63) is 83.9 Å². The molecule has 8 nitrogen and oxygen atoms in total. The quantitative estimate of drug-likeness (QED) is 0.426. The lowest BCUT2D eigenvalue weighted by molar-refractivity contribution is -0.115. The van der Waals surface area contributed by atoms with E-state index >= 15 is 0 Å². The van der Waals surface area contributed by atoms with Gasteiger partial charge in [-0.1, -0.05) is 32.0 Å². The molecule has 0 unspecified atom stereocenters. The summed E-state index contributed by atoms with van der Waals surface area (Å²) in [4.78, 5) is 39.0. The standard InChI is InChI=1S/C29H29N3O5/c1-19(2)18-37-25-14-8-20(16-26(25)36-3)9-15-27(33)30-22-12-10-21(11-13-22)29(35)32-17-28(34)31-23-6-4-5-7-24(23)32/h4-16,19H,17-18H2,1-3H3,(H,30,33)(H,31,34)/b15-9+. The summed E-state index contributed by atoms with van der Waals surface area (Å²) in [6, 6.07) is 19.2. The van der Waals surface area contributed by atoms with Crippen molar-refractivity contribution in [2.45, 2.75) is 13.8 Å². The Kier molecular flexibility index (Phi) is 7.88. The van der Waals surface area contributed by atoms with Crippen molar-refractivity contribution in [3.63, 3.8) is 0 Å². The minimum Gasteiger partial charge on any atom is -0.493 e. The summed E-state index contributed by atoms with van der Waals surface area (Å²) in [5, 5.41) is 5.55. The minimum atomic E-state index is -0.320. The molecule has 0 fully saturated rings. The van der Waals surface area contributed by atoms with Gasteiger partial charge in [-0.25, -0.2) is 0 Å². The molecule has 0 aromatic heterocycles. The molecule has 0 saturated carbocycles. The van der Waals surface area contributed by atoms with Crippen LogP contribution in [0.5, 0.6) is 11.5 Å². The molecular weight excluding hydrogens is 470 g/mol. The van der Waals surface area contributed by atoms with Crippen LogP contribution in [0.3, 0.4) is 0 Å². The number of rotatable bonds is 8. The summed E-state index contributed by atoms with van der Waals surface area (Å²) >= 11 is 0. The van der Waals surface area contributed by atoms with Crippen molar-refractivity contribution in [1.29, 1.82) is 0 Å². The van der Waals surface area contributed by atoms with Gasteiger partial charge in [0.1, 0.15) is 6.54 Å². The maximum Gasteiger partial charge on any atom is 0.258 e. The van der Waals surface area contributed by atoms with Crippen LogP contribution in [-0.2, 0) is 9.59 Å². The maximum atomic E-state index is 13.1. The van der Waals surface area contributed by atoms with Crippen LogP contribution in [0.25, 0.3) is 6.08 Å². The predicted molar refractivity (Wildman–Crippen MR) is 144 cm³/mol.